The molecule has 0 saturated heterocycles. The third-order valence-electron chi connectivity index (χ3n) is 4.76. The highest BCUT2D eigenvalue weighted by molar-refractivity contribution is 9.10. The van der Waals surface area contributed by atoms with Gasteiger partial charge in [0.2, 0.25) is 5.91 Å². The fourth-order valence-corrected chi connectivity index (χ4v) is 3.70. The van der Waals surface area contributed by atoms with Gasteiger partial charge in [-0.2, -0.15) is 5.10 Å². The molecule has 0 fully saturated rings. The van der Waals surface area contributed by atoms with Crippen LogP contribution in [0.5, 0.6) is 5.75 Å². The van der Waals surface area contributed by atoms with Crippen LogP contribution in [0, 0.1) is 4.77 Å². The van der Waals surface area contributed by atoms with E-state index in [2.05, 4.69) is 38.4 Å². The molecule has 8 heteroatoms. The van der Waals surface area contributed by atoms with Gasteiger partial charge in [0, 0.05) is 23.0 Å². The maximum Gasteiger partial charge on any atom is 0.222 e. The van der Waals surface area contributed by atoms with Crippen molar-refractivity contribution in [2.45, 2.75) is 39.3 Å². The number of aromatic amines is 1. The summed E-state index contributed by atoms with van der Waals surface area (Å²) in [7, 11) is 0. The molecule has 6 nitrogen and oxygen atoms in total. The molecule has 0 saturated carbocycles. The largest absolute Gasteiger partial charge is 0.494 e. The number of H-pyrrole nitrogens is 1. The van der Waals surface area contributed by atoms with E-state index >= 15 is 0 Å². The molecule has 1 amide bonds. The Hall–Kier alpha value is -2.45. The lowest BCUT2D eigenvalue weighted by molar-refractivity contribution is -0.122. The second-order valence-electron chi connectivity index (χ2n) is 6.79. The fraction of sp³-hybridized carbons (Fsp3) is 0.318. The van der Waals surface area contributed by atoms with Gasteiger partial charge in [-0.1, -0.05) is 35.0 Å². The summed E-state index contributed by atoms with van der Waals surface area (Å²) in [5.41, 5.74) is 2.00. The first-order valence-electron chi connectivity index (χ1n) is 9.95. The molecule has 1 aromatic heterocycles. The first-order valence-corrected chi connectivity index (χ1v) is 11.1. The highest BCUT2D eigenvalue weighted by atomic mass is 79.9. The first kappa shape index (κ1) is 22.2. The number of halogens is 1. The SMILES string of the molecule is CCOc1ccc(-c2n[nH]c(=S)n2CCC(=O)NC(CC)c2ccc(Br)cc2)cc1. The van der Waals surface area contributed by atoms with Crippen LogP contribution in [0.2, 0.25) is 0 Å². The maximum absolute atomic E-state index is 12.6. The van der Waals surface area contributed by atoms with E-state index in [4.69, 9.17) is 17.0 Å². The van der Waals surface area contributed by atoms with E-state index in [1.165, 1.54) is 0 Å². The number of rotatable bonds is 9. The minimum atomic E-state index is -0.0227. The van der Waals surface area contributed by atoms with Gasteiger partial charge in [-0.3, -0.25) is 14.5 Å². The van der Waals surface area contributed by atoms with Crippen LogP contribution < -0.4 is 10.1 Å². The Bertz CT molecular complexity index is 1030. The number of carbonyl (C=O) groups is 1. The van der Waals surface area contributed by atoms with Crippen molar-refractivity contribution in [3.05, 3.63) is 63.3 Å². The molecule has 158 valence electrons. The molecular weight excluding hydrogens is 464 g/mol. The van der Waals surface area contributed by atoms with Crippen LogP contribution in [-0.2, 0) is 11.3 Å². The van der Waals surface area contributed by atoms with E-state index < -0.39 is 0 Å². The van der Waals surface area contributed by atoms with Crippen LogP contribution in [0.3, 0.4) is 0 Å². The fourth-order valence-electron chi connectivity index (χ4n) is 3.21. The molecule has 3 rings (SSSR count). The van der Waals surface area contributed by atoms with Gasteiger partial charge in [0.15, 0.2) is 10.6 Å². The summed E-state index contributed by atoms with van der Waals surface area (Å²) in [6.07, 6.45) is 1.13. The van der Waals surface area contributed by atoms with E-state index in [0.717, 1.165) is 27.8 Å². The van der Waals surface area contributed by atoms with Crippen molar-refractivity contribution in [2.24, 2.45) is 0 Å². The third-order valence-corrected chi connectivity index (χ3v) is 5.60. The highest BCUT2D eigenvalue weighted by Gasteiger charge is 2.15. The van der Waals surface area contributed by atoms with Crippen LogP contribution in [0.15, 0.2) is 53.0 Å². The molecule has 0 bridgehead atoms. The molecule has 2 aromatic carbocycles. The number of hydrogen-bond donors (Lipinski definition) is 2. The van der Waals surface area contributed by atoms with E-state index in [1.54, 1.807) is 0 Å². The first-order chi connectivity index (χ1) is 14.5. The van der Waals surface area contributed by atoms with Crippen molar-refractivity contribution in [1.29, 1.82) is 0 Å². The van der Waals surface area contributed by atoms with Gasteiger partial charge in [0.25, 0.3) is 0 Å². The van der Waals surface area contributed by atoms with Crippen LogP contribution in [-0.4, -0.2) is 27.3 Å². The van der Waals surface area contributed by atoms with Gasteiger partial charge < -0.3 is 10.1 Å². The molecule has 1 heterocycles. The molecule has 1 atom stereocenters. The quantitative estimate of drug-likeness (QED) is 0.394. The van der Waals surface area contributed by atoms with E-state index in [0.29, 0.717) is 30.2 Å². The zero-order valence-corrected chi connectivity index (χ0v) is 19.4. The molecule has 2 N–H and O–H groups in total. The minimum Gasteiger partial charge on any atom is -0.494 e. The lowest BCUT2D eigenvalue weighted by atomic mass is 10.0. The molecule has 0 aliphatic carbocycles. The molecule has 1 unspecified atom stereocenters. The zero-order chi connectivity index (χ0) is 21.5. The Kier molecular flexibility index (Phi) is 7.81. The van der Waals surface area contributed by atoms with E-state index in [9.17, 15) is 4.79 Å². The van der Waals surface area contributed by atoms with Gasteiger partial charge in [-0.25, -0.2) is 0 Å². The average Bonchev–Trinajstić information content (AvgIpc) is 3.12. The molecule has 0 radical (unpaired) electrons. The second kappa shape index (κ2) is 10.5. The summed E-state index contributed by atoms with van der Waals surface area (Å²) in [4.78, 5) is 12.6. The van der Waals surface area contributed by atoms with Crippen molar-refractivity contribution < 1.29 is 9.53 Å². The number of nitrogens with one attached hydrogen (secondary N) is 2. The summed E-state index contributed by atoms with van der Waals surface area (Å²) < 4.78 is 8.85. The molecular formula is C22H25BrN4O2S. The van der Waals surface area contributed by atoms with Crippen molar-refractivity contribution in [2.75, 3.05) is 6.61 Å². The topological polar surface area (TPSA) is 71.9 Å². The predicted molar refractivity (Wildman–Crippen MR) is 124 cm³/mol. The van der Waals surface area contributed by atoms with Crippen molar-refractivity contribution in [1.82, 2.24) is 20.1 Å². The van der Waals surface area contributed by atoms with Gasteiger partial charge >= 0.3 is 0 Å². The van der Waals surface area contributed by atoms with Crippen molar-refractivity contribution in [3.8, 4) is 17.1 Å². The van der Waals surface area contributed by atoms with Gasteiger partial charge in [0.05, 0.1) is 12.6 Å². The standard InChI is InChI=1S/C22H25BrN4O2S/c1-3-19(15-5-9-17(23)10-6-15)24-20(28)13-14-27-21(25-26-22(27)30)16-7-11-18(12-8-16)29-4-2/h5-12,19H,3-4,13-14H2,1-2H3,(H,24,28)(H,26,30). The van der Waals surface area contributed by atoms with Gasteiger partial charge in [-0.15, -0.1) is 0 Å². The number of benzene rings is 2. The Morgan fingerprint density at radius 1 is 1.20 bits per heavy atom. The minimum absolute atomic E-state index is 0.0199. The Balaban J connectivity index is 1.66. The van der Waals surface area contributed by atoms with E-state index in [1.807, 2.05) is 60.0 Å². The lowest BCUT2D eigenvalue weighted by Crippen LogP contribution is -2.29. The maximum atomic E-state index is 12.6. The Morgan fingerprint density at radius 2 is 1.90 bits per heavy atom. The summed E-state index contributed by atoms with van der Waals surface area (Å²) in [5, 5.41) is 10.3. The molecule has 0 spiro atoms. The average molecular weight is 489 g/mol. The van der Waals surface area contributed by atoms with E-state index in [-0.39, 0.29) is 11.9 Å². The lowest BCUT2D eigenvalue weighted by Gasteiger charge is -2.18. The predicted octanol–water partition coefficient (Wildman–Crippen LogP) is 5.43. The molecule has 0 aliphatic heterocycles. The molecule has 0 aliphatic rings. The number of aromatic nitrogens is 3. The number of ether oxygens (including phenoxy) is 1. The number of amides is 1. The molecule has 30 heavy (non-hydrogen) atoms. The Labute approximate surface area is 189 Å². The van der Waals surface area contributed by atoms with Crippen LogP contribution in [0.4, 0.5) is 0 Å². The zero-order valence-electron chi connectivity index (χ0n) is 17.0. The van der Waals surface area contributed by atoms with Gasteiger partial charge in [0.1, 0.15) is 5.75 Å². The van der Waals surface area contributed by atoms with Crippen LogP contribution >= 0.6 is 28.1 Å². The molecule has 3 aromatic rings. The smallest absolute Gasteiger partial charge is 0.222 e. The second-order valence-corrected chi connectivity index (χ2v) is 8.09. The summed E-state index contributed by atoms with van der Waals surface area (Å²) >= 11 is 8.82. The monoisotopic (exact) mass is 488 g/mol. The van der Waals surface area contributed by atoms with Crippen LogP contribution in [0.1, 0.15) is 38.3 Å². The van der Waals surface area contributed by atoms with Gasteiger partial charge in [-0.05, 0) is 67.5 Å². The van der Waals surface area contributed by atoms with Crippen molar-refractivity contribution >= 4 is 34.1 Å². The van der Waals surface area contributed by atoms with Crippen LogP contribution in [0.25, 0.3) is 11.4 Å². The Morgan fingerprint density at radius 3 is 2.53 bits per heavy atom. The number of nitrogens with zero attached hydrogens (tertiary/aromatic N) is 2. The number of carbonyl (C=O) groups excluding carboxylic acids is 1. The highest BCUT2D eigenvalue weighted by Crippen LogP contribution is 2.22. The normalized spacial score (nSPS) is 11.8. The van der Waals surface area contributed by atoms with Crippen molar-refractivity contribution in [3.63, 3.8) is 0 Å². The summed E-state index contributed by atoms with van der Waals surface area (Å²) in [6.45, 7) is 5.07. The summed E-state index contributed by atoms with van der Waals surface area (Å²) in [5.74, 6) is 1.49. The third kappa shape index (κ3) is 5.58. The summed E-state index contributed by atoms with van der Waals surface area (Å²) in [6, 6.07) is 15.7. The number of hydrogen-bond acceptors (Lipinski definition) is 4.